The Hall–Kier alpha value is -0.320. The highest BCUT2D eigenvalue weighted by atomic mass is 35.5. The zero-order valence-electron chi connectivity index (χ0n) is 9.45. The lowest BCUT2D eigenvalue weighted by atomic mass is 10.3. The fraction of sp³-hybridized carbons (Fsp3) is 0.455. The molecule has 86 valence electrons. The van der Waals surface area contributed by atoms with Crippen LogP contribution in [-0.2, 0) is 0 Å². The molecule has 2 rings (SSSR count). The van der Waals surface area contributed by atoms with Crippen LogP contribution in [0.15, 0.2) is 11.2 Å². The van der Waals surface area contributed by atoms with Gasteiger partial charge in [-0.25, -0.2) is 9.97 Å². The van der Waals surface area contributed by atoms with E-state index in [9.17, 15) is 0 Å². The van der Waals surface area contributed by atoms with Gasteiger partial charge >= 0.3 is 0 Å². The van der Waals surface area contributed by atoms with Crippen molar-refractivity contribution < 1.29 is 0 Å². The van der Waals surface area contributed by atoms with Crippen molar-refractivity contribution in [2.75, 3.05) is 5.75 Å². The van der Waals surface area contributed by atoms with E-state index in [0.717, 1.165) is 21.1 Å². The van der Waals surface area contributed by atoms with Crippen LogP contribution in [0.3, 0.4) is 0 Å². The van der Waals surface area contributed by atoms with Gasteiger partial charge in [-0.3, -0.25) is 0 Å². The minimum absolute atomic E-state index is 0.570. The van der Waals surface area contributed by atoms with Gasteiger partial charge in [-0.05, 0) is 18.9 Å². The van der Waals surface area contributed by atoms with E-state index in [2.05, 4.69) is 30.7 Å². The summed E-state index contributed by atoms with van der Waals surface area (Å²) in [4.78, 5) is 11.0. The number of fused-ring (bicyclic) bond motifs is 1. The molecule has 0 bridgehead atoms. The molecular formula is C11H13ClN2S2. The van der Waals surface area contributed by atoms with Gasteiger partial charge in [0.25, 0.3) is 0 Å². The lowest BCUT2D eigenvalue weighted by Gasteiger charge is -2.03. The second-order valence-electron chi connectivity index (χ2n) is 4.08. The summed E-state index contributed by atoms with van der Waals surface area (Å²) < 4.78 is 0. The number of halogens is 1. The molecule has 0 aliphatic carbocycles. The van der Waals surface area contributed by atoms with Crippen molar-refractivity contribution in [3.63, 3.8) is 0 Å². The molecule has 0 amide bonds. The SMILES string of the molecule is Cc1cc2c(Cl)nc(SCC(C)C)nc2s1. The molecule has 0 atom stereocenters. The molecule has 0 aliphatic rings. The summed E-state index contributed by atoms with van der Waals surface area (Å²) in [6.45, 7) is 6.43. The molecule has 2 heterocycles. The standard InChI is InChI=1S/C11H13ClN2S2/c1-6(2)5-15-11-13-9(12)8-4-7(3)16-10(8)14-11/h4,6H,5H2,1-3H3. The number of aromatic nitrogens is 2. The van der Waals surface area contributed by atoms with Gasteiger partial charge in [0, 0.05) is 16.0 Å². The lowest BCUT2D eigenvalue weighted by Crippen LogP contribution is -1.94. The Morgan fingerprint density at radius 2 is 2.19 bits per heavy atom. The maximum absolute atomic E-state index is 6.13. The summed E-state index contributed by atoms with van der Waals surface area (Å²) in [5.41, 5.74) is 0. The first-order chi connectivity index (χ1) is 7.56. The van der Waals surface area contributed by atoms with Crippen molar-refractivity contribution in [2.45, 2.75) is 25.9 Å². The van der Waals surface area contributed by atoms with Crippen LogP contribution in [0.5, 0.6) is 0 Å². The Bertz CT molecular complexity index is 508. The van der Waals surface area contributed by atoms with Gasteiger partial charge in [0.2, 0.25) is 0 Å². The molecule has 0 aliphatic heterocycles. The van der Waals surface area contributed by atoms with Crippen LogP contribution in [0.4, 0.5) is 0 Å². The first-order valence-electron chi connectivity index (χ1n) is 5.12. The highest BCUT2D eigenvalue weighted by molar-refractivity contribution is 7.99. The molecule has 0 N–H and O–H groups in total. The Morgan fingerprint density at radius 3 is 2.88 bits per heavy atom. The van der Waals surface area contributed by atoms with E-state index in [1.807, 2.05) is 6.07 Å². The predicted molar refractivity (Wildman–Crippen MR) is 72.7 cm³/mol. The molecule has 0 radical (unpaired) electrons. The summed E-state index contributed by atoms with van der Waals surface area (Å²) >= 11 is 9.47. The predicted octanol–water partition coefficient (Wildman–Crippen LogP) is 4.40. The highest BCUT2D eigenvalue weighted by Crippen LogP contribution is 2.30. The zero-order chi connectivity index (χ0) is 11.7. The molecule has 0 aromatic carbocycles. The van der Waals surface area contributed by atoms with E-state index in [4.69, 9.17) is 11.6 Å². The molecule has 0 spiro atoms. The maximum atomic E-state index is 6.13. The molecule has 2 nitrogen and oxygen atoms in total. The topological polar surface area (TPSA) is 25.8 Å². The van der Waals surface area contributed by atoms with E-state index < -0.39 is 0 Å². The van der Waals surface area contributed by atoms with Gasteiger partial charge in [0.05, 0.1) is 0 Å². The monoisotopic (exact) mass is 272 g/mol. The van der Waals surface area contributed by atoms with E-state index in [-0.39, 0.29) is 0 Å². The number of hydrogen-bond acceptors (Lipinski definition) is 4. The van der Waals surface area contributed by atoms with Crippen molar-refractivity contribution in [1.29, 1.82) is 0 Å². The van der Waals surface area contributed by atoms with Crippen molar-refractivity contribution in [2.24, 2.45) is 5.92 Å². The van der Waals surface area contributed by atoms with Crippen LogP contribution in [0.1, 0.15) is 18.7 Å². The highest BCUT2D eigenvalue weighted by Gasteiger charge is 2.09. The van der Waals surface area contributed by atoms with Crippen LogP contribution in [-0.4, -0.2) is 15.7 Å². The van der Waals surface area contributed by atoms with Crippen molar-refractivity contribution in [1.82, 2.24) is 9.97 Å². The van der Waals surface area contributed by atoms with Crippen LogP contribution in [0.2, 0.25) is 5.15 Å². The number of thiophene rings is 1. The third-order valence-corrected chi connectivity index (χ3v) is 4.50. The van der Waals surface area contributed by atoms with Gasteiger partial charge in [-0.2, -0.15) is 0 Å². The van der Waals surface area contributed by atoms with Crippen LogP contribution < -0.4 is 0 Å². The molecule has 0 saturated heterocycles. The van der Waals surface area contributed by atoms with Gasteiger partial charge in [0.1, 0.15) is 9.98 Å². The zero-order valence-corrected chi connectivity index (χ0v) is 11.8. The van der Waals surface area contributed by atoms with E-state index in [1.54, 1.807) is 23.1 Å². The average molecular weight is 273 g/mol. The molecule has 0 saturated carbocycles. The number of hydrogen-bond donors (Lipinski definition) is 0. The Kier molecular flexibility index (Phi) is 3.72. The second kappa shape index (κ2) is 4.90. The average Bonchev–Trinajstić information content (AvgIpc) is 2.56. The minimum Gasteiger partial charge on any atom is -0.211 e. The van der Waals surface area contributed by atoms with Crippen molar-refractivity contribution >= 4 is 44.9 Å². The smallest absolute Gasteiger partial charge is 0.190 e. The minimum atomic E-state index is 0.570. The molecule has 16 heavy (non-hydrogen) atoms. The quantitative estimate of drug-likeness (QED) is 0.470. The van der Waals surface area contributed by atoms with Gasteiger partial charge in [-0.1, -0.05) is 37.2 Å². The first kappa shape index (κ1) is 12.1. The third kappa shape index (κ3) is 2.67. The summed E-state index contributed by atoms with van der Waals surface area (Å²) in [6, 6.07) is 2.04. The van der Waals surface area contributed by atoms with Gasteiger partial charge in [-0.15, -0.1) is 11.3 Å². The van der Waals surface area contributed by atoms with Crippen LogP contribution in [0.25, 0.3) is 10.2 Å². The van der Waals surface area contributed by atoms with Gasteiger partial charge in [0.15, 0.2) is 5.16 Å². The summed E-state index contributed by atoms with van der Waals surface area (Å²) in [6.07, 6.45) is 0. The summed E-state index contributed by atoms with van der Waals surface area (Å²) in [7, 11) is 0. The number of rotatable bonds is 3. The Labute approximate surface area is 108 Å². The largest absolute Gasteiger partial charge is 0.211 e. The molecule has 0 unspecified atom stereocenters. The van der Waals surface area contributed by atoms with Gasteiger partial charge < -0.3 is 0 Å². The fourth-order valence-corrected chi connectivity index (χ4v) is 3.36. The normalized spacial score (nSPS) is 11.6. The number of aryl methyl sites for hydroxylation is 1. The molecule has 5 heteroatoms. The fourth-order valence-electron chi connectivity index (χ4n) is 1.29. The van der Waals surface area contributed by atoms with Crippen LogP contribution in [0, 0.1) is 12.8 Å². The Balaban J connectivity index is 2.33. The van der Waals surface area contributed by atoms with Crippen molar-refractivity contribution in [3.05, 3.63) is 16.1 Å². The van der Waals surface area contributed by atoms with E-state index in [0.29, 0.717) is 11.1 Å². The molecule has 2 aromatic rings. The summed E-state index contributed by atoms with van der Waals surface area (Å²) in [5, 5.41) is 2.33. The first-order valence-corrected chi connectivity index (χ1v) is 7.30. The number of nitrogens with zero attached hydrogens (tertiary/aromatic N) is 2. The van der Waals surface area contributed by atoms with Crippen molar-refractivity contribution in [3.8, 4) is 0 Å². The van der Waals surface area contributed by atoms with Crippen LogP contribution >= 0.6 is 34.7 Å². The number of thioether (sulfide) groups is 1. The summed E-state index contributed by atoms with van der Waals surface area (Å²) in [5.74, 6) is 1.65. The second-order valence-corrected chi connectivity index (χ2v) is 6.66. The lowest BCUT2D eigenvalue weighted by molar-refractivity contribution is 0.748. The molecule has 0 fully saturated rings. The third-order valence-electron chi connectivity index (χ3n) is 1.99. The van der Waals surface area contributed by atoms with E-state index in [1.165, 1.54) is 4.88 Å². The Morgan fingerprint density at radius 1 is 1.44 bits per heavy atom. The molecular weight excluding hydrogens is 260 g/mol. The maximum Gasteiger partial charge on any atom is 0.190 e. The molecule has 2 aromatic heterocycles. The van der Waals surface area contributed by atoms with E-state index >= 15 is 0 Å².